The summed E-state index contributed by atoms with van der Waals surface area (Å²) in [5.74, 6) is 0. The molecule has 1 heterocycles. The molecule has 1 atom stereocenters. The highest BCUT2D eigenvalue weighted by Crippen LogP contribution is 2.26. The van der Waals surface area contributed by atoms with Gasteiger partial charge < -0.3 is 10.6 Å². The first-order valence-electron chi connectivity index (χ1n) is 4.99. The van der Waals surface area contributed by atoms with Crippen LogP contribution in [0.4, 0.5) is 11.4 Å². The molecule has 2 nitrogen and oxygen atoms in total. The lowest BCUT2D eigenvalue weighted by Gasteiger charge is -2.28. The molecule has 0 aromatic heterocycles. The molecule has 1 aromatic rings. The topological polar surface area (TPSA) is 24.1 Å². The van der Waals surface area contributed by atoms with Crippen molar-refractivity contribution < 1.29 is 0 Å². The fraction of sp³-hybridized carbons (Fsp3) is 0.455. The average molecular weight is 176 g/mol. The summed E-state index contributed by atoms with van der Waals surface area (Å²) in [6.07, 6.45) is 2.48. The molecule has 70 valence electrons. The Hall–Kier alpha value is -1.18. The van der Waals surface area contributed by atoms with Crippen molar-refractivity contribution in [3.63, 3.8) is 0 Å². The minimum Gasteiger partial charge on any atom is -0.381 e. The molecule has 0 radical (unpaired) electrons. The lowest BCUT2D eigenvalue weighted by Crippen LogP contribution is -2.32. The van der Waals surface area contributed by atoms with Crippen molar-refractivity contribution in [2.75, 3.05) is 17.2 Å². The number of hydrogen-bond donors (Lipinski definition) is 2. The van der Waals surface area contributed by atoms with Gasteiger partial charge in [-0.1, -0.05) is 25.5 Å². The van der Waals surface area contributed by atoms with Gasteiger partial charge >= 0.3 is 0 Å². The molecule has 1 aromatic carbocycles. The third kappa shape index (κ3) is 1.77. The quantitative estimate of drug-likeness (QED) is 0.724. The summed E-state index contributed by atoms with van der Waals surface area (Å²) in [6, 6.07) is 8.98. The van der Waals surface area contributed by atoms with Gasteiger partial charge in [0.25, 0.3) is 0 Å². The first-order valence-corrected chi connectivity index (χ1v) is 4.99. The second-order valence-corrected chi connectivity index (χ2v) is 3.56. The normalized spacial score (nSPS) is 19.9. The van der Waals surface area contributed by atoms with Gasteiger partial charge in [0.2, 0.25) is 0 Å². The zero-order valence-electron chi connectivity index (χ0n) is 8.01. The molecule has 0 spiro atoms. The van der Waals surface area contributed by atoms with E-state index in [9.17, 15) is 0 Å². The smallest absolute Gasteiger partial charge is 0.0578 e. The predicted octanol–water partition coefficient (Wildman–Crippen LogP) is 2.69. The fourth-order valence-corrected chi connectivity index (χ4v) is 1.79. The Morgan fingerprint density at radius 1 is 1.31 bits per heavy atom. The Bertz CT molecular complexity index is 283. The van der Waals surface area contributed by atoms with Gasteiger partial charge in [0.15, 0.2) is 0 Å². The van der Waals surface area contributed by atoms with Gasteiger partial charge in [-0.2, -0.15) is 0 Å². The molecule has 2 N–H and O–H groups in total. The van der Waals surface area contributed by atoms with Crippen molar-refractivity contribution in [3.05, 3.63) is 24.3 Å². The maximum absolute atomic E-state index is 3.54. The van der Waals surface area contributed by atoms with Crippen LogP contribution in [0.2, 0.25) is 0 Å². The van der Waals surface area contributed by atoms with Gasteiger partial charge in [-0.25, -0.2) is 0 Å². The summed E-state index contributed by atoms with van der Waals surface area (Å²) >= 11 is 0. The molecule has 1 aliphatic rings. The van der Waals surface area contributed by atoms with Crippen LogP contribution in [0.25, 0.3) is 0 Å². The fourth-order valence-electron chi connectivity index (χ4n) is 1.79. The number of anilines is 2. The SMILES string of the molecule is CCC[C@@H]1CNc2ccccc2N1. The lowest BCUT2D eigenvalue weighted by atomic mass is 10.1. The van der Waals surface area contributed by atoms with Crippen LogP contribution in [0.1, 0.15) is 19.8 Å². The standard InChI is InChI=1S/C11H16N2/c1-2-5-9-8-12-10-6-3-4-7-11(10)13-9/h3-4,6-7,9,12-13H,2,5,8H2,1H3/t9-/m1/s1. The van der Waals surface area contributed by atoms with E-state index in [1.54, 1.807) is 0 Å². The number of hydrogen-bond acceptors (Lipinski definition) is 2. The van der Waals surface area contributed by atoms with E-state index in [1.807, 2.05) is 0 Å². The zero-order valence-corrected chi connectivity index (χ0v) is 8.01. The molecule has 0 aliphatic carbocycles. The summed E-state index contributed by atoms with van der Waals surface area (Å²) in [5, 5.41) is 6.97. The summed E-state index contributed by atoms with van der Waals surface area (Å²) in [5.41, 5.74) is 2.47. The largest absolute Gasteiger partial charge is 0.381 e. The summed E-state index contributed by atoms with van der Waals surface area (Å²) in [6.45, 7) is 3.27. The third-order valence-corrected chi connectivity index (χ3v) is 2.46. The van der Waals surface area contributed by atoms with E-state index in [2.05, 4.69) is 41.8 Å². The van der Waals surface area contributed by atoms with Gasteiger partial charge in [0.1, 0.15) is 0 Å². The number of rotatable bonds is 2. The van der Waals surface area contributed by atoms with Gasteiger partial charge in [0, 0.05) is 12.6 Å². The minimum absolute atomic E-state index is 0.597. The van der Waals surface area contributed by atoms with Crippen LogP contribution in [0.5, 0.6) is 0 Å². The summed E-state index contributed by atoms with van der Waals surface area (Å²) < 4.78 is 0. The average Bonchev–Trinajstić information content (AvgIpc) is 2.18. The Morgan fingerprint density at radius 2 is 2.08 bits per heavy atom. The van der Waals surface area contributed by atoms with Crippen molar-refractivity contribution in [2.45, 2.75) is 25.8 Å². The van der Waals surface area contributed by atoms with Crippen molar-refractivity contribution in [3.8, 4) is 0 Å². The van der Waals surface area contributed by atoms with Crippen molar-refractivity contribution in [1.82, 2.24) is 0 Å². The molecule has 1 aliphatic heterocycles. The third-order valence-electron chi connectivity index (χ3n) is 2.46. The molecular formula is C11H16N2. The van der Waals surface area contributed by atoms with Crippen LogP contribution in [0.3, 0.4) is 0 Å². The molecule has 13 heavy (non-hydrogen) atoms. The van der Waals surface area contributed by atoms with Gasteiger partial charge in [-0.05, 0) is 18.6 Å². The van der Waals surface area contributed by atoms with E-state index in [0.717, 1.165) is 6.54 Å². The van der Waals surface area contributed by atoms with Crippen LogP contribution in [0.15, 0.2) is 24.3 Å². The van der Waals surface area contributed by atoms with E-state index >= 15 is 0 Å². The lowest BCUT2D eigenvalue weighted by molar-refractivity contribution is 0.655. The van der Waals surface area contributed by atoms with E-state index in [1.165, 1.54) is 24.2 Å². The second-order valence-electron chi connectivity index (χ2n) is 3.56. The molecule has 2 heteroatoms. The monoisotopic (exact) mass is 176 g/mol. The number of nitrogens with one attached hydrogen (secondary N) is 2. The highest BCUT2D eigenvalue weighted by atomic mass is 15.1. The van der Waals surface area contributed by atoms with E-state index in [4.69, 9.17) is 0 Å². The van der Waals surface area contributed by atoms with Crippen molar-refractivity contribution in [1.29, 1.82) is 0 Å². The van der Waals surface area contributed by atoms with Crippen LogP contribution < -0.4 is 10.6 Å². The molecule has 0 saturated heterocycles. The van der Waals surface area contributed by atoms with E-state index in [-0.39, 0.29) is 0 Å². The van der Waals surface area contributed by atoms with Crippen molar-refractivity contribution >= 4 is 11.4 Å². The Labute approximate surface area is 79.4 Å². The predicted molar refractivity (Wildman–Crippen MR) is 57.3 cm³/mol. The number of para-hydroxylation sites is 2. The Morgan fingerprint density at radius 3 is 2.85 bits per heavy atom. The number of benzene rings is 1. The highest BCUT2D eigenvalue weighted by Gasteiger charge is 2.14. The maximum Gasteiger partial charge on any atom is 0.0578 e. The van der Waals surface area contributed by atoms with Crippen LogP contribution in [-0.2, 0) is 0 Å². The second kappa shape index (κ2) is 3.69. The Balaban J connectivity index is 2.11. The summed E-state index contributed by atoms with van der Waals surface area (Å²) in [4.78, 5) is 0. The van der Waals surface area contributed by atoms with Crippen molar-refractivity contribution in [2.24, 2.45) is 0 Å². The minimum atomic E-state index is 0.597. The molecule has 0 saturated carbocycles. The van der Waals surface area contributed by atoms with Gasteiger partial charge in [0.05, 0.1) is 11.4 Å². The maximum atomic E-state index is 3.54. The van der Waals surface area contributed by atoms with Gasteiger partial charge in [-0.3, -0.25) is 0 Å². The molecule has 2 rings (SSSR count). The molecule has 0 unspecified atom stereocenters. The molecular weight excluding hydrogens is 160 g/mol. The van der Waals surface area contributed by atoms with Gasteiger partial charge in [-0.15, -0.1) is 0 Å². The molecule has 0 amide bonds. The first-order chi connectivity index (χ1) is 6.40. The first kappa shape index (κ1) is 8.42. The molecule has 0 fully saturated rings. The summed E-state index contributed by atoms with van der Waals surface area (Å²) in [7, 11) is 0. The Kier molecular flexibility index (Phi) is 2.39. The van der Waals surface area contributed by atoms with Crippen LogP contribution in [-0.4, -0.2) is 12.6 Å². The van der Waals surface area contributed by atoms with E-state index in [0.29, 0.717) is 6.04 Å². The van der Waals surface area contributed by atoms with E-state index < -0.39 is 0 Å². The van der Waals surface area contributed by atoms with Crippen LogP contribution >= 0.6 is 0 Å². The number of fused-ring (bicyclic) bond motifs is 1. The molecule has 0 bridgehead atoms. The van der Waals surface area contributed by atoms with Crippen LogP contribution in [0, 0.1) is 0 Å². The highest BCUT2D eigenvalue weighted by molar-refractivity contribution is 5.70. The zero-order chi connectivity index (χ0) is 9.10.